The molecule has 10 nitrogen and oxygen atoms in total. The largest absolute Gasteiger partial charge is 0.489 e. The summed E-state index contributed by atoms with van der Waals surface area (Å²) < 4.78 is 44.8. The van der Waals surface area contributed by atoms with E-state index in [2.05, 4.69) is 25.1 Å². The molecule has 0 radical (unpaired) electrons. The Labute approximate surface area is 244 Å². The van der Waals surface area contributed by atoms with E-state index < -0.39 is 11.7 Å². The first-order valence-electron chi connectivity index (χ1n) is 13.7. The Balaban J connectivity index is 1.12. The lowest BCUT2D eigenvalue weighted by Crippen LogP contribution is -2.49. The van der Waals surface area contributed by atoms with Gasteiger partial charge in [0.15, 0.2) is 0 Å². The van der Waals surface area contributed by atoms with Crippen LogP contribution in [0.2, 0.25) is 0 Å². The van der Waals surface area contributed by atoms with E-state index in [1.165, 1.54) is 12.3 Å². The van der Waals surface area contributed by atoms with Gasteiger partial charge >= 0.3 is 6.18 Å². The molecule has 0 unspecified atom stereocenters. The van der Waals surface area contributed by atoms with Crippen molar-refractivity contribution in [3.63, 3.8) is 0 Å². The smallest absolute Gasteiger partial charge is 0.417 e. The van der Waals surface area contributed by atoms with Crippen LogP contribution in [0.3, 0.4) is 0 Å². The van der Waals surface area contributed by atoms with Gasteiger partial charge in [0.25, 0.3) is 11.5 Å². The van der Waals surface area contributed by atoms with Crippen LogP contribution in [-0.2, 0) is 12.7 Å². The number of alkyl halides is 3. The quantitative estimate of drug-likeness (QED) is 0.359. The minimum Gasteiger partial charge on any atom is -0.489 e. The highest BCUT2D eigenvalue weighted by Crippen LogP contribution is 2.38. The first-order valence-corrected chi connectivity index (χ1v) is 13.7. The molecule has 222 valence electrons. The molecule has 2 aliphatic heterocycles. The van der Waals surface area contributed by atoms with Gasteiger partial charge in [-0.1, -0.05) is 24.3 Å². The number of halogens is 3. The molecule has 0 spiro atoms. The van der Waals surface area contributed by atoms with Crippen LogP contribution in [0.25, 0.3) is 0 Å². The average Bonchev–Trinajstić information content (AvgIpc) is 3.39. The summed E-state index contributed by atoms with van der Waals surface area (Å²) in [6, 6.07) is 11.9. The first kappa shape index (κ1) is 28.2. The normalized spacial score (nSPS) is 16.7. The third kappa shape index (κ3) is 5.74. The highest BCUT2D eigenvalue weighted by molar-refractivity contribution is 5.94. The number of amides is 1. The number of rotatable bonds is 6. The van der Waals surface area contributed by atoms with E-state index in [4.69, 9.17) is 4.74 Å². The number of piperazine rings is 1. The minimum atomic E-state index is -4.44. The highest BCUT2D eigenvalue weighted by atomic mass is 19.4. The summed E-state index contributed by atoms with van der Waals surface area (Å²) in [6.45, 7) is 4.23. The summed E-state index contributed by atoms with van der Waals surface area (Å²) in [7, 11) is 0. The zero-order chi connectivity index (χ0) is 30.1. The summed E-state index contributed by atoms with van der Waals surface area (Å²) in [5.74, 6) is 0.658. The number of nitrogens with zero attached hydrogens (tertiary/aromatic N) is 6. The molecule has 0 aliphatic carbocycles. The summed E-state index contributed by atoms with van der Waals surface area (Å²) in [6.07, 6.45) is 1.06. The van der Waals surface area contributed by atoms with Crippen molar-refractivity contribution in [1.82, 2.24) is 25.1 Å². The van der Waals surface area contributed by atoms with Crippen LogP contribution in [0.15, 0.2) is 72.0 Å². The van der Waals surface area contributed by atoms with E-state index >= 15 is 0 Å². The minimum absolute atomic E-state index is 0.190. The van der Waals surface area contributed by atoms with E-state index in [0.717, 1.165) is 29.1 Å². The lowest BCUT2D eigenvalue weighted by molar-refractivity contribution is -0.137. The van der Waals surface area contributed by atoms with Crippen LogP contribution in [0.4, 0.5) is 24.7 Å². The van der Waals surface area contributed by atoms with Gasteiger partial charge in [-0.05, 0) is 36.2 Å². The topological polar surface area (TPSA) is 108 Å². The summed E-state index contributed by atoms with van der Waals surface area (Å²) >= 11 is 0. The van der Waals surface area contributed by atoms with E-state index in [0.29, 0.717) is 55.4 Å². The molecule has 1 atom stereocenters. The predicted molar refractivity (Wildman–Crippen MR) is 152 cm³/mol. The average molecular weight is 592 g/mol. The molecule has 4 aromatic rings. The van der Waals surface area contributed by atoms with Crippen LogP contribution in [-0.4, -0.2) is 63.8 Å². The molecule has 43 heavy (non-hydrogen) atoms. The monoisotopic (exact) mass is 591 g/mol. The molecule has 1 N–H and O–H groups in total. The Kier molecular flexibility index (Phi) is 7.46. The Morgan fingerprint density at radius 1 is 1.05 bits per heavy atom. The van der Waals surface area contributed by atoms with E-state index in [-0.39, 0.29) is 24.1 Å². The number of carbonyl (C=O) groups is 1. The fourth-order valence-electron chi connectivity index (χ4n) is 5.49. The molecular formula is C30H28F3N7O3. The first-order chi connectivity index (χ1) is 20.7. The van der Waals surface area contributed by atoms with E-state index in [1.54, 1.807) is 30.3 Å². The van der Waals surface area contributed by atoms with Crippen LogP contribution in [0, 0.1) is 6.92 Å². The Bertz CT molecular complexity index is 1690. The molecule has 13 heteroatoms. The van der Waals surface area contributed by atoms with Crippen LogP contribution in [0.1, 0.15) is 38.7 Å². The summed E-state index contributed by atoms with van der Waals surface area (Å²) in [5.41, 5.74) is 2.83. The number of pyridine rings is 2. The van der Waals surface area contributed by atoms with Gasteiger partial charge in [0.2, 0.25) is 0 Å². The highest BCUT2D eigenvalue weighted by Gasteiger charge is 2.33. The predicted octanol–water partition coefficient (Wildman–Crippen LogP) is 3.99. The maximum atomic E-state index is 13.3. The lowest BCUT2D eigenvalue weighted by atomic mass is 10.1. The fraction of sp³-hybridized carbons (Fsp3) is 0.300. The molecule has 2 aliphatic rings. The molecule has 1 fully saturated rings. The van der Waals surface area contributed by atoms with Gasteiger partial charge in [0, 0.05) is 50.7 Å². The van der Waals surface area contributed by atoms with Crippen molar-refractivity contribution in [1.29, 1.82) is 0 Å². The number of anilines is 2. The van der Waals surface area contributed by atoms with Gasteiger partial charge < -0.3 is 19.4 Å². The second-order valence-corrected chi connectivity index (χ2v) is 10.5. The zero-order valence-electron chi connectivity index (χ0n) is 23.2. The number of hydrogen-bond donors (Lipinski definition) is 1. The van der Waals surface area contributed by atoms with Crippen LogP contribution < -0.4 is 20.1 Å². The van der Waals surface area contributed by atoms with Crippen molar-refractivity contribution in [2.45, 2.75) is 25.7 Å². The maximum absolute atomic E-state index is 13.3. The van der Waals surface area contributed by atoms with Crippen molar-refractivity contribution in [3.8, 4) is 5.75 Å². The number of nitrogens with one attached hydrogen (secondary N) is 1. The number of aromatic nitrogens is 4. The van der Waals surface area contributed by atoms with Crippen molar-refractivity contribution in [2.75, 3.05) is 42.6 Å². The van der Waals surface area contributed by atoms with Gasteiger partial charge in [-0.2, -0.15) is 18.3 Å². The third-order valence-electron chi connectivity index (χ3n) is 7.85. The van der Waals surface area contributed by atoms with Crippen molar-refractivity contribution in [2.24, 2.45) is 0 Å². The standard InChI is InChI=1S/C30H28F3N7O3/c1-19-25(16-36-37-28(19)41)40-17-20-4-2-3-5-24(20)26(40)18-43-23-12-21(13-34-15-23)29(42)39-10-8-38(9-11-39)27-7-6-22(14-35-27)30(31,32)33/h2-7,12-16,26H,8-11,17-18H2,1H3,(H,37,41)/t26-/m1/s1. The molecule has 6 rings (SSSR count). The fourth-order valence-corrected chi connectivity index (χ4v) is 5.49. The molecular weight excluding hydrogens is 563 g/mol. The number of H-pyrrole nitrogens is 1. The van der Waals surface area contributed by atoms with Gasteiger partial charge in [0.05, 0.1) is 35.2 Å². The van der Waals surface area contributed by atoms with Crippen molar-refractivity contribution >= 4 is 17.4 Å². The number of fused-ring (bicyclic) bond motifs is 1. The maximum Gasteiger partial charge on any atom is 0.417 e. The van der Waals surface area contributed by atoms with E-state index in [9.17, 15) is 22.8 Å². The third-order valence-corrected chi connectivity index (χ3v) is 7.85. The number of ether oxygens (including phenoxy) is 1. The molecule has 3 aromatic heterocycles. The van der Waals surface area contributed by atoms with Gasteiger partial charge in [-0.3, -0.25) is 14.6 Å². The Morgan fingerprint density at radius 2 is 1.84 bits per heavy atom. The summed E-state index contributed by atoms with van der Waals surface area (Å²) in [5, 5.41) is 6.46. The van der Waals surface area contributed by atoms with Gasteiger partial charge in [0.1, 0.15) is 18.2 Å². The summed E-state index contributed by atoms with van der Waals surface area (Å²) in [4.78, 5) is 39.4. The SMILES string of the molecule is Cc1c(N2Cc3ccccc3[C@H]2COc2cncc(C(=O)N3CCN(c4ccc(C(F)(F)F)cn4)CC3)c2)cn[nH]c1=O. The van der Waals surface area contributed by atoms with Crippen molar-refractivity contribution in [3.05, 3.63) is 105 Å². The number of carbonyl (C=O) groups excluding carboxylic acids is 1. The Morgan fingerprint density at radius 3 is 2.58 bits per heavy atom. The molecule has 1 amide bonds. The Hall–Kier alpha value is -4.94. The molecule has 5 heterocycles. The number of aromatic amines is 1. The number of benzene rings is 1. The molecule has 1 aromatic carbocycles. The zero-order valence-corrected chi connectivity index (χ0v) is 23.2. The van der Waals surface area contributed by atoms with Crippen LogP contribution >= 0.6 is 0 Å². The lowest BCUT2D eigenvalue weighted by Gasteiger charge is -2.35. The van der Waals surface area contributed by atoms with Crippen LogP contribution in [0.5, 0.6) is 5.75 Å². The molecule has 0 saturated carbocycles. The molecule has 1 saturated heterocycles. The van der Waals surface area contributed by atoms with E-state index in [1.807, 2.05) is 29.2 Å². The molecule has 0 bridgehead atoms. The number of hydrogen-bond acceptors (Lipinski definition) is 8. The second-order valence-electron chi connectivity index (χ2n) is 10.5. The van der Waals surface area contributed by atoms with Crippen molar-refractivity contribution < 1.29 is 22.7 Å². The second kappa shape index (κ2) is 11.4. The van der Waals surface area contributed by atoms with Gasteiger partial charge in [-0.25, -0.2) is 10.1 Å². The van der Waals surface area contributed by atoms with Gasteiger partial charge in [-0.15, -0.1) is 0 Å².